The van der Waals surface area contributed by atoms with Crippen molar-refractivity contribution < 1.29 is 14.3 Å². The van der Waals surface area contributed by atoms with Gasteiger partial charge in [-0.3, -0.25) is 9.59 Å². The summed E-state index contributed by atoms with van der Waals surface area (Å²) in [6, 6.07) is 7.17. The monoisotopic (exact) mass is 279 g/mol. The molecule has 0 bridgehead atoms. The van der Waals surface area contributed by atoms with Crippen LogP contribution in [0.3, 0.4) is 0 Å². The first-order valence-corrected chi connectivity index (χ1v) is 6.41. The number of Topliss-reactive ketones (excluding diaryl/α,β-unsaturated/α-hetero) is 2. The Labute approximate surface area is 118 Å². The number of ether oxygens (including phenoxy) is 1. The third kappa shape index (κ3) is 4.44. The number of carbonyl (C=O) groups excluding carboxylic acids is 2. The van der Waals surface area contributed by atoms with Crippen molar-refractivity contribution in [2.75, 3.05) is 11.9 Å². The fourth-order valence-electron chi connectivity index (χ4n) is 1.67. The van der Waals surface area contributed by atoms with Gasteiger partial charge in [0, 0.05) is 5.69 Å². The SMILES string of the molecule is CCOc1ccc(NC(=S)C(C(C)=O)C(C)=O)cc1. The van der Waals surface area contributed by atoms with E-state index < -0.39 is 5.92 Å². The van der Waals surface area contributed by atoms with Gasteiger partial charge in [0.15, 0.2) is 0 Å². The minimum atomic E-state index is -0.874. The van der Waals surface area contributed by atoms with Gasteiger partial charge in [-0.25, -0.2) is 0 Å². The molecule has 0 aromatic heterocycles. The third-order valence-corrected chi connectivity index (χ3v) is 2.85. The Morgan fingerprint density at radius 3 is 2.16 bits per heavy atom. The standard InChI is InChI=1S/C14H17NO3S/c1-4-18-12-7-5-11(6-8-12)15-14(19)13(9(2)16)10(3)17/h5-8,13H,4H2,1-3H3,(H,15,19). The van der Waals surface area contributed by atoms with Crippen molar-refractivity contribution in [1.29, 1.82) is 0 Å². The van der Waals surface area contributed by atoms with E-state index in [9.17, 15) is 9.59 Å². The lowest BCUT2D eigenvalue weighted by atomic mass is 10.0. The van der Waals surface area contributed by atoms with Crippen LogP contribution in [-0.2, 0) is 9.59 Å². The molecule has 0 aliphatic carbocycles. The van der Waals surface area contributed by atoms with Crippen LogP contribution in [0.25, 0.3) is 0 Å². The molecular weight excluding hydrogens is 262 g/mol. The molecule has 1 aromatic carbocycles. The van der Waals surface area contributed by atoms with Gasteiger partial charge in [-0.05, 0) is 45.0 Å². The molecule has 0 aliphatic rings. The Morgan fingerprint density at radius 2 is 1.74 bits per heavy atom. The molecule has 0 radical (unpaired) electrons. The Kier molecular flexibility index (Phi) is 5.63. The van der Waals surface area contributed by atoms with Crippen LogP contribution in [0.1, 0.15) is 20.8 Å². The van der Waals surface area contributed by atoms with E-state index in [1.165, 1.54) is 13.8 Å². The van der Waals surface area contributed by atoms with Crippen molar-refractivity contribution >= 4 is 34.5 Å². The molecule has 0 unspecified atom stereocenters. The number of ketones is 2. The van der Waals surface area contributed by atoms with E-state index in [-0.39, 0.29) is 16.6 Å². The second-order valence-corrected chi connectivity index (χ2v) is 4.54. The number of nitrogens with one attached hydrogen (secondary N) is 1. The van der Waals surface area contributed by atoms with Crippen LogP contribution in [0, 0.1) is 5.92 Å². The molecule has 0 atom stereocenters. The second-order valence-electron chi connectivity index (χ2n) is 4.10. The summed E-state index contributed by atoms with van der Waals surface area (Å²) >= 11 is 5.11. The Balaban J connectivity index is 2.75. The Morgan fingerprint density at radius 1 is 1.21 bits per heavy atom. The maximum Gasteiger partial charge on any atom is 0.147 e. The van der Waals surface area contributed by atoms with E-state index in [4.69, 9.17) is 17.0 Å². The van der Waals surface area contributed by atoms with Crippen molar-refractivity contribution in [2.24, 2.45) is 5.92 Å². The molecule has 0 saturated carbocycles. The molecule has 1 N–H and O–H groups in total. The topological polar surface area (TPSA) is 55.4 Å². The highest BCUT2D eigenvalue weighted by Gasteiger charge is 2.24. The summed E-state index contributed by atoms with van der Waals surface area (Å²) in [7, 11) is 0. The zero-order chi connectivity index (χ0) is 14.4. The highest BCUT2D eigenvalue weighted by atomic mass is 32.1. The Hall–Kier alpha value is -1.75. The summed E-state index contributed by atoms with van der Waals surface area (Å²) in [6.07, 6.45) is 0. The van der Waals surface area contributed by atoms with Gasteiger partial charge in [-0.15, -0.1) is 0 Å². The number of anilines is 1. The van der Waals surface area contributed by atoms with Crippen molar-refractivity contribution in [3.8, 4) is 5.75 Å². The van der Waals surface area contributed by atoms with Crippen LogP contribution in [0.15, 0.2) is 24.3 Å². The molecule has 0 saturated heterocycles. The van der Waals surface area contributed by atoms with E-state index in [0.29, 0.717) is 6.61 Å². The summed E-state index contributed by atoms with van der Waals surface area (Å²) < 4.78 is 5.32. The zero-order valence-corrected chi connectivity index (χ0v) is 12.0. The van der Waals surface area contributed by atoms with E-state index in [1.54, 1.807) is 24.3 Å². The summed E-state index contributed by atoms with van der Waals surface area (Å²) in [6.45, 7) is 5.23. The van der Waals surface area contributed by atoms with Gasteiger partial charge in [0.05, 0.1) is 11.6 Å². The molecule has 102 valence electrons. The lowest BCUT2D eigenvalue weighted by Gasteiger charge is -2.14. The zero-order valence-electron chi connectivity index (χ0n) is 11.2. The van der Waals surface area contributed by atoms with Crippen molar-refractivity contribution in [1.82, 2.24) is 0 Å². The Bertz CT molecular complexity index is 468. The van der Waals surface area contributed by atoms with E-state index in [2.05, 4.69) is 5.32 Å². The van der Waals surface area contributed by atoms with Gasteiger partial charge < -0.3 is 10.1 Å². The quantitative estimate of drug-likeness (QED) is 0.641. The molecule has 1 aromatic rings. The van der Waals surface area contributed by atoms with E-state index in [1.807, 2.05) is 6.92 Å². The second kappa shape index (κ2) is 6.99. The van der Waals surface area contributed by atoms with Crippen LogP contribution in [-0.4, -0.2) is 23.2 Å². The number of carbonyl (C=O) groups is 2. The number of benzene rings is 1. The van der Waals surface area contributed by atoms with Crippen LogP contribution in [0.2, 0.25) is 0 Å². The van der Waals surface area contributed by atoms with Crippen molar-refractivity contribution in [3.63, 3.8) is 0 Å². The first-order chi connectivity index (χ1) is 8.95. The van der Waals surface area contributed by atoms with E-state index >= 15 is 0 Å². The molecule has 0 amide bonds. The normalized spacial score (nSPS) is 10.1. The summed E-state index contributed by atoms with van der Waals surface area (Å²) in [5.74, 6) is -0.623. The molecular formula is C14H17NO3S. The van der Waals surface area contributed by atoms with Crippen molar-refractivity contribution in [3.05, 3.63) is 24.3 Å². The van der Waals surface area contributed by atoms with Crippen molar-refractivity contribution in [2.45, 2.75) is 20.8 Å². The average Bonchev–Trinajstić information content (AvgIpc) is 2.31. The molecule has 1 rings (SSSR count). The van der Waals surface area contributed by atoms with Gasteiger partial charge in [-0.2, -0.15) is 0 Å². The molecule has 0 fully saturated rings. The predicted molar refractivity (Wildman–Crippen MR) is 78.7 cm³/mol. The lowest BCUT2D eigenvalue weighted by Crippen LogP contribution is -2.32. The van der Waals surface area contributed by atoms with Gasteiger partial charge in [0.2, 0.25) is 0 Å². The van der Waals surface area contributed by atoms with E-state index in [0.717, 1.165) is 11.4 Å². The number of hydrogen-bond acceptors (Lipinski definition) is 4. The first-order valence-electron chi connectivity index (χ1n) is 6.00. The first kappa shape index (κ1) is 15.3. The summed E-state index contributed by atoms with van der Waals surface area (Å²) in [5, 5.41) is 2.91. The van der Waals surface area contributed by atoms with Crippen LogP contribution in [0.5, 0.6) is 5.75 Å². The third-order valence-electron chi connectivity index (χ3n) is 2.51. The maximum atomic E-state index is 11.4. The van der Waals surface area contributed by atoms with Crippen LogP contribution >= 0.6 is 12.2 Å². The van der Waals surface area contributed by atoms with Gasteiger partial charge >= 0.3 is 0 Å². The average molecular weight is 279 g/mol. The minimum absolute atomic E-state index is 0.226. The highest BCUT2D eigenvalue weighted by Crippen LogP contribution is 2.17. The number of thiocarbonyl (C=S) groups is 1. The van der Waals surface area contributed by atoms with Gasteiger partial charge in [0.1, 0.15) is 23.2 Å². The number of hydrogen-bond donors (Lipinski definition) is 1. The molecule has 0 heterocycles. The van der Waals surface area contributed by atoms with Crippen LogP contribution < -0.4 is 10.1 Å². The molecule has 5 heteroatoms. The van der Waals surface area contributed by atoms with Crippen LogP contribution in [0.4, 0.5) is 5.69 Å². The summed E-state index contributed by atoms with van der Waals surface area (Å²) in [5.41, 5.74) is 0.723. The smallest absolute Gasteiger partial charge is 0.147 e. The largest absolute Gasteiger partial charge is 0.494 e. The summed E-state index contributed by atoms with van der Waals surface area (Å²) in [4.78, 5) is 23.0. The highest BCUT2D eigenvalue weighted by molar-refractivity contribution is 7.80. The van der Waals surface area contributed by atoms with Gasteiger partial charge in [0.25, 0.3) is 0 Å². The minimum Gasteiger partial charge on any atom is -0.494 e. The molecule has 19 heavy (non-hydrogen) atoms. The molecule has 4 nitrogen and oxygen atoms in total. The molecule has 0 spiro atoms. The van der Waals surface area contributed by atoms with Gasteiger partial charge in [-0.1, -0.05) is 12.2 Å². The fraction of sp³-hybridized carbons (Fsp3) is 0.357. The lowest BCUT2D eigenvalue weighted by molar-refractivity contribution is -0.127. The predicted octanol–water partition coefficient (Wildman–Crippen LogP) is 2.62. The molecule has 0 aliphatic heterocycles. The number of rotatable bonds is 6. The fourth-order valence-corrected chi connectivity index (χ4v) is 2.12. The maximum absolute atomic E-state index is 11.4.